The first kappa shape index (κ1) is 16.3. The number of amides is 1. The summed E-state index contributed by atoms with van der Waals surface area (Å²) in [5.74, 6) is -0.335. The van der Waals surface area contributed by atoms with Crippen LogP contribution in [-0.2, 0) is 13.0 Å². The highest BCUT2D eigenvalue weighted by Gasteiger charge is 2.28. The number of aromatic nitrogens is 1. The van der Waals surface area contributed by atoms with Gasteiger partial charge in [-0.15, -0.1) is 0 Å². The number of aryl methyl sites for hydroxylation is 1. The third-order valence-electron chi connectivity index (χ3n) is 4.89. The maximum atomic E-state index is 13.4. The van der Waals surface area contributed by atoms with Crippen molar-refractivity contribution in [3.63, 3.8) is 0 Å². The van der Waals surface area contributed by atoms with Crippen LogP contribution in [0.4, 0.5) is 10.1 Å². The van der Waals surface area contributed by atoms with Crippen molar-refractivity contribution in [2.45, 2.75) is 25.8 Å². The molecule has 1 aromatic heterocycles. The Balaban J connectivity index is 1.71. The zero-order valence-electron chi connectivity index (χ0n) is 14.3. The van der Waals surface area contributed by atoms with Crippen molar-refractivity contribution in [2.75, 3.05) is 11.4 Å². The molecule has 0 N–H and O–H groups in total. The van der Waals surface area contributed by atoms with Gasteiger partial charge in [0.1, 0.15) is 5.82 Å². The monoisotopic (exact) mass is 347 g/mol. The average Bonchev–Trinajstić information content (AvgIpc) is 3.23. The van der Waals surface area contributed by atoms with E-state index in [-0.39, 0.29) is 11.7 Å². The number of para-hydroxylation sites is 1. The van der Waals surface area contributed by atoms with Crippen LogP contribution in [0.15, 0.2) is 48.7 Å². The van der Waals surface area contributed by atoms with Crippen LogP contribution in [0.1, 0.15) is 28.8 Å². The molecule has 4 rings (SSSR count). The molecule has 1 aliphatic rings. The molecule has 0 unspecified atom stereocenters. The summed E-state index contributed by atoms with van der Waals surface area (Å²) >= 11 is 0. The molecule has 2 aromatic carbocycles. The highest BCUT2D eigenvalue weighted by Crippen LogP contribution is 2.32. The van der Waals surface area contributed by atoms with Crippen LogP contribution in [0.2, 0.25) is 0 Å². The van der Waals surface area contributed by atoms with Crippen LogP contribution in [0.5, 0.6) is 0 Å². The molecule has 0 saturated heterocycles. The standard InChI is InChI=1S/C21H18FN3O/c22-16-7-8-19-15(13-16)9-12-25(19)21(26)18-14-24(11-4-3-10-23)20-6-2-1-5-17(18)20/h1-2,5-8,13-14H,3-4,9,11-12H2. The van der Waals surface area contributed by atoms with E-state index in [0.29, 0.717) is 31.5 Å². The normalized spacial score (nSPS) is 13.0. The predicted octanol–water partition coefficient (Wildman–Crippen LogP) is 4.29. The predicted molar refractivity (Wildman–Crippen MR) is 98.6 cm³/mol. The van der Waals surface area contributed by atoms with E-state index < -0.39 is 0 Å². The van der Waals surface area contributed by atoms with Gasteiger partial charge in [0.05, 0.1) is 11.6 Å². The topological polar surface area (TPSA) is 49.0 Å². The fourth-order valence-corrected chi connectivity index (χ4v) is 3.66. The van der Waals surface area contributed by atoms with Gasteiger partial charge >= 0.3 is 0 Å². The number of anilines is 1. The third-order valence-corrected chi connectivity index (χ3v) is 4.89. The summed E-state index contributed by atoms with van der Waals surface area (Å²) in [6, 6.07) is 14.6. The minimum absolute atomic E-state index is 0.0643. The van der Waals surface area contributed by atoms with E-state index in [1.54, 1.807) is 11.0 Å². The van der Waals surface area contributed by atoms with Crippen molar-refractivity contribution in [1.29, 1.82) is 5.26 Å². The third kappa shape index (κ3) is 2.74. The molecule has 0 radical (unpaired) electrons. The van der Waals surface area contributed by atoms with Gasteiger partial charge in [-0.3, -0.25) is 4.79 Å². The lowest BCUT2D eigenvalue weighted by atomic mass is 10.1. The number of hydrogen-bond acceptors (Lipinski definition) is 2. The second-order valence-electron chi connectivity index (χ2n) is 6.49. The molecule has 0 atom stereocenters. The number of nitrogens with zero attached hydrogens (tertiary/aromatic N) is 3. The Labute approximate surface area is 151 Å². The Kier molecular flexibility index (Phi) is 4.18. The van der Waals surface area contributed by atoms with Crippen LogP contribution in [0.25, 0.3) is 10.9 Å². The number of carbonyl (C=O) groups excluding carboxylic acids is 1. The van der Waals surface area contributed by atoms with Gasteiger partial charge in [0.2, 0.25) is 0 Å². The Morgan fingerprint density at radius 2 is 2.08 bits per heavy atom. The van der Waals surface area contributed by atoms with E-state index in [4.69, 9.17) is 5.26 Å². The molecule has 130 valence electrons. The molecular formula is C21H18FN3O. The molecule has 0 aliphatic carbocycles. The molecule has 0 saturated carbocycles. The quantitative estimate of drug-likeness (QED) is 0.661. The Morgan fingerprint density at radius 1 is 1.23 bits per heavy atom. The Morgan fingerprint density at radius 3 is 2.92 bits per heavy atom. The molecule has 26 heavy (non-hydrogen) atoms. The van der Waals surface area contributed by atoms with Crippen LogP contribution >= 0.6 is 0 Å². The van der Waals surface area contributed by atoms with Gasteiger partial charge in [0, 0.05) is 42.3 Å². The number of hydrogen-bond donors (Lipinski definition) is 0. The summed E-state index contributed by atoms with van der Waals surface area (Å²) in [6.07, 6.45) is 3.78. The Hall–Kier alpha value is -3.13. The van der Waals surface area contributed by atoms with Crippen molar-refractivity contribution < 1.29 is 9.18 Å². The molecule has 0 bridgehead atoms. The van der Waals surface area contributed by atoms with Gasteiger partial charge in [-0.1, -0.05) is 18.2 Å². The highest BCUT2D eigenvalue weighted by molar-refractivity contribution is 6.14. The molecule has 4 nitrogen and oxygen atoms in total. The van der Waals surface area contributed by atoms with Gasteiger partial charge < -0.3 is 9.47 Å². The fourth-order valence-electron chi connectivity index (χ4n) is 3.66. The number of unbranched alkanes of at least 4 members (excludes halogenated alkanes) is 1. The highest BCUT2D eigenvalue weighted by atomic mass is 19.1. The lowest BCUT2D eigenvalue weighted by Crippen LogP contribution is -2.28. The summed E-state index contributed by atoms with van der Waals surface area (Å²) < 4.78 is 15.5. The first-order valence-electron chi connectivity index (χ1n) is 8.74. The second-order valence-corrected chi connectivity index (χ2v) is 6.49. The summed E-state index contributed by atoms with van der Waals surface area (Å²) in [7, 11) is 0. The first-order valence-corrected chi connectivity index (χ1v) is 8.74. The molecule has 2 heterocycles. The van der Waals surface area contributed by atoms with Gasteiger partial charge in [-0.05, 0) is 42.7 Å². The van der Waals surface area contributed by atoms with E-state index in [9.17, 15) is 9.18 Å². The van der Waals surface area contributed by atoms with Gasteiger partial charge in [-0.25, -0.2) is 4.39 Å². The van der Waals surface area contributed by atoms with E-state index in [0.717, 1.165) is 28.6 Å². The minimum Gasteiger partial charge on any atom is -0.347 e. The van der Waals surface area contributed by atoms with E-state index in [1.807, 2.05) is 35.0 Å². The lowest BCUT2D eigenvalue weighted by Gasteiger charge is -2.17. The second kappa shape index (κ2) is 6.64. The lowest BCUT2D eigenvalue weighted by molar-refractivity contribution is 0.0990. The minimum atomic E-state index is -0.271. The molecule has 5 heteroatoms. The van der Waals surface area contributed by atoms with Gasteiger partial charge in [0.15, 0.2) is 0 Å². The van der Waals surface area contributed by atoms with E-state index in [1.165, 1.54) is 12.1 Å². The van der Waals surface area contributed by atoms with E-state index in [2.05, 4.69) is 6.07 Å². The number of nitriles is 1. The van der Waals surface area contributed by atoms with Crippen LogP contribution in [-0.4, -0.2) is 17.0 Å². The van der Waals surface area contributed by atoms with Crippen LogP contribution in [0, 0.1) is 17.1 Å². The molecular weight excluding hydrogens is 329 g/mol. The number of carbonyl (C=O) groups is 1. The number of fused-ring (bicyclic) bond motifs is 2. The smallest absolute Gasteiger partial charge is 0.260 e. The van der Waals surface area contributed by atoms with Crippen LogP contribution in [0.3, 0.4) is 0 Å². The van der Waals surface area contributed by atoms with Crippen LogP contribution < -0.4 is 4.90 Å². The van der Waals surface area contributed by atoms with Crippen molar-refractivity contribution in [2.24, 2.45) is 0 Å². The number of benzene rings is 2. The van der Waals surface area contributed by atoms with Gasteiger partial charge in [0.25, 0.3) is 5.91 Å². The van der Waals surface area contributed by atoms with E-state index >= 15 is 0 Å². The largest absolute Gasteiger partial charge is 0.347 e. The zero-order valence-corrected chi connectivity index (χ0v) is 14.3. The summed E-state index contributed by atoms with van der Waals surface area (Å²) in [5, 5.41) is 9.67. The molecule has 3 aromatic rings. The summed E-state index contributed by atoms with van der Waals surface area (Å²) in [4.78, 5) is 15.0. The van der Waals surface area contributed by atoms with Crippen molar-refractivity contribution in [3.05, 3.63) is 65.6 Å². The molecule has 1 aliphatic heterocycles. The first-order chi connectivity index (χ1) is 12.7. The summed E-state index contributed by atoms with van der Waals surface area (Å²) in [5.41, 5.74) is 3.30. The fraction of sp³-hybridized carbons (Fsp3) is 0.238. The maximum absolute atomic E-state index is 13.4. The number of halogens is 1. The average molecular weight is 347 g/mol. The van der Waals surface area contributed by atoms with Crippen molar-refractivity contribution in [1.82, 2.24) is 4.57 Å². The van der Waals surface area contributed by atoms with Gasteiger partial charge in [-0.2, -0.15) is 5.26 Å². The summed E-state index contributed by atoms with van der Waals surface area (Å²) in [6.45, 7) is 1.26. The van der Waals surface area contributed by atoms with Crippen molar-refractivity contribution >= 4 is 22.5 Å². The molecule has 1 amide bonds. The Bertz CT molecular complexity index is 1030. The maximum Gasteiger partial charge on any atom is 0.260 e. The number of rotatable bonds is 4. The molecule has 0 fully saturated rings. The SMILES string of the molecule is N#CCCCn1cc(C(=O)N2CCc3cc(F)ccc32)c2ccccc21. The molecule has 0 spiro atoms. The zero-order chi connectivity index (χ0) is 18.1. The van der Waals surface area contributed by atoms with Crippen molar-refractivity contribution in [3.8, 4) is 6.07 Å².